The van der Waals surface area contributed by atoms with Gasteiger partial charge in [-0.2, -0.15) is 0 Å². The summed E-state index contributed by atoms with van der Waals surface area (Å²) in [4.78, 5) is 2.40. The Bertz CT molecular complexity index is 668. The fourth-order valence-electron chi connectivity index (χ4n) is 1.78. The fraction of sp³-hybridized carbons (Fsp3) is 0.167. The van der Waals surface area contributed by atoms with Crippen molar-refractivity contribution in [3.05, 3.63) is 40.9 Å². The predicted octanol–water partition coefficient (Wildman–Crippen LogP) is 2.22. The van der Waals surface area contributed by atoms with Crippen molar-refractivity contribution in [1.82, 2.24) is 14.6 Å². The first-order chi connectivity index (χ1) is 8.28. The molecule has 17 heavy (non-hydrogen) atoms. The van der Waals surface area contributed by atoms with E-state index in [1.165, 1.54) is 4.88 Å². The zero-order valence-electron chi connectivity index (χ0n) is 9.42. The molecule has 0 amide bonds. The third-order valence-electron chi connectivity index (χ3n) is 2.66. The van der Waals surface area contributed by atoms with Crippen LogP contribution in [0.15, 0.2) is 30.5 Å². The molecule has 0 aliphatic heterocycles. The number of pyridine rings is 1. The second kappa shape index (κ2) is 3.94. The lowest BCUT2D eigenvalue weighted by atomic mass is 10.3. The van der Waals surface area contributed by atoms with Gasteiger partial charge in [-0.1, -0.05) is 6.07 Å². The van der Waals surface area contributed by atoms with Crippen molar-refractivity contribution in [1.29, 1.82) is 0 Å². The molecule has 0 unspecified atom stereocenters. The van der Waals surface area contributed by atoms with E-state index in [9.17, 15) is 0 Å². The quantitative estimate of drug-likeness (QED) is 0.752. The Morgan fingerprint density at radius 1 is 1.24 bits per heavy atom. The van der Waals surface area contributed by atoms with E-state index in [4.69, 9.17) is 5.73 Å². The van der Waals surface area contributed by atoms with Gasteiger partial charge in [0, 0.05) is 17.6 Å². The maximum atomic E-state index is 5.65. The van der Waals surface area contributed by atoms with Crippen LogP contribution in [0.2, 0.25) is 0 Å². The minimum absolute atomic E-state index is 0.525. The molecule has 86 valence electrons. The van der Waals surface area contributed by atoms with Crippen LogP contribution in [0.3, 0.4) is 0 Å². The topological polar surface area (TPSA) is 56.2 Å². The van der Waals surface area contributed by atoms with Crippen molar-refractivity contribution in [2.45, 2.75) is 13.5 Å². The Kier molecular flexibility index (Phi) is 2.42. The summed E-state index contributed by atoms with van der Waals surface area (Å²) in [6.45, 7) is 2.61. The van der Waals surface area contributed by atoms with Gasteiger partial charge in [-0.05, 0) is 30.7 Å². The van der Waals surface area contributed by atoms with Crippen LogP contribution < -0.4 is 5.73 Å². The molecule has 0 radical (unpaired) electrons. The Labute approximate surface area is 103 Å². The summed E-state index contributed by atoms with van der Waals surface area (Å²) in [5, 5.41) is 8.40. The molecule has 3 aromatic heterocycles. The number of hydrogen-bond donors (Lipinski definition) is 1. The van der Waals surface area contributed by atoms with Crippen molar-refractivity contribution in [2.24, 2.45) is 5.73 Å². The van der Waals surface area contributed by atoms with Gasteiger partial charge in [0.25, 0.3) is 0 Å². The molecule has 0 bridgehead atoms. The van der Waals surface area contributed by atoms with E-state index >= 15 is 0 Å². The number of nitrogens with zero attached hydrogens (tertiary/aromatic N) is 3. The highest BCUT2D eigenvalue weighted by Crippen LogP contribution is 2.26. The van der Waals surface area contributed by atoms with Gasteiger partial charge in [-0.15, -0.1) is 21.5 Å². The van der Waals surface area contributed by atoms with Crippen molar-refractivity contribution in [2.75, 3.05) is 0 Å². The molecule has 0 saturated heterocycles. The van der Waals surface area contributed by atoms with E-state index in [1.54, 1.807) is 11.3 Å². The van der Waals surface area contributed by atoms with Crippen molar-refractivity contribution in [3.63, 3.8) is 0 Å². The first-order valence-corrected chi connectivity index (χ1v) is 6.20. The molecule has 4 nitrogen and oxygen atoms in total. The Hall–Kier alpha value is -1.72. The van der Waals surface area contributed by atoms with Crippen LogP contribution in [0.5, 0.6) is 0 Å². The lowest BCUT2D eigenvalue weighted by Gasteiger charge is -2.00. The summed E-state index contributed by atoms with van der Waals surface area (Å²) in [7, 11) is 0. The first-order valence-electron chi connectivity index (χ1n) is 5.38. The smallest absolute Gasteiger partial charge is 0.178 e. The summed E-state index contributed by atoms with van der Waals surface area (Å²) in [6, 6.07) is 8.09. The van der Waals surface area contributed by atoms with E-state index in [0.29, 0.717) is 6.54 Å². The van der Waals surface area contributed by atoms with E-state index < -0.39 is 0 Å². The second-order valence-electron chi connectivity index (χ2n) is 3.90. The molecule has 0 aromatic carbocycles. The van der Waals surface area contributed by atoms with E-state index in [1.807, 2.05) is 22.7 Å². The summed E-state index contributed by atoms with van der Waals surface area (Å²) in [5.41, 5.74) is 7.58. The molecule has 3 rings (SSSR count). The van der Waals surface area contributed by atoms with Crippen LogP contribution in [0, 0.1) is 6.92 Å². The van der Waals surface area contributed by atoms with Crippen molar-refractivity contribution >= 4 is 17.0 Å². The largest absolute Gasteiger partial charge is 0.326 e. The average Bonchev–Trinajstić information content (AvgIpc) is 2.93. The van der Waals surface area contributed by atoms with E-state index in [2.05, 4.69) is 29.3 Å². The zero-order valence-corrected chi connectivity index (χ0v) is 10.2. The van der Waals surface area contributed by atoms with Gasteiger partial charge < -0.3 is 5.73 Å². The van der Waals surface area contributed by atoms with Crippen LogP contribution in [-0.4, -0.2) is 14.6 Å². The maximum Gasteiger partial charge on any atom is 0.178 e. The molecule has 3 heterocycles. The Balaban J connectivity index is 2.22. The molecule has 0 fully saturated rings. The standard InChI is InChI=1S/C12H12N4S/c1-8-2-4-10(17-8)12-15-14-11-5-3-9(6-13)7-16(11)12/h2-5,7H,6,13H2,1H3. The lowest BCUT2D eigenvalue weighted by Crippen LogP contribution is -1.98. The Morgan fingerprint density at radius 2 is 2.12 bits per heavy atom. The Morgan fingerprint density at radius 3 is 2.82 bits per heavy atom. The maximum absolute atomic E-state index is 5.65. The molecule has 0 atom stereocenters. The van der Waals surface area contributed by atoms with Gasteiger partial charge in [0.1, 0.15) is 0 Å². The summed E-state index contributed by atoms with van der Waals surface area (Å²) >= 11 is 1.72. The minimum Gasteiger partial charge on any atom is -0.326 e. The monoisotopic (exact) mass is 244 g/mol. The van der Waals surface area contributed by atoms with Crippen molar-refractivity contribution < 1.29 is 0 Å². The first kappa shape index (κ1) is 10.4. The summed E-state index contributed by atoms with van der Waals surface area (Å²) in [6.07, 6.45) is 2.00. The number of aryl methyl sites for hydroxylation is 1. The molecular formula is C12H12N4S. The number of hydrogen-bond acceptors (Lipinski definition) is 4. The predicted molar refractivity (Wildman–Crippen MR) is 68.9 cm³/mol. The molecule has 0 saturated carbocycles. The fourth-order valence-corrected chi connectivity index (χ4v) is 2.63. The minimum atomic E-state index is 0.525. The van der Waals surface area contributed by atoms with Crippen molar-refractivity contribution in [3.8, 4) is 10.7 Å². The third-order valence-corrected chi connectivity index (χ3v) is 3.66. The molecule has 0 aliphatic carbocycles. The summed E-state index contributed by atoms with van der Waals surface area (Å²) in [5.74, 6) is 0.883. The molecule has 0 spiro atoms. The van der Waals surface area contributed by atoms with Gasteiger partial charge >= 0.3 is 0 Å². The highest BCUT2D eigenvalue weighted by molar-refractivity contribution is 7.15. The van der Waals surface area contributed by atoms with Gasteiger partial charge in [-0.25, -0.2) is 0 Å². The molecular weight excluding hydrogens is 232 g/mol. The normalized spacial score (nSPS) is 11.2. The molecule has 3 aromatic rings. The van der Waals surface area contributed by atoms with Crippen LogP contribution in [-0.2, 0) is 6.54 Å². The van der Waals surface area contributed by atoms with Crippen LogP contribution in [0.4, 0.5) is 0 Å². The second-order valence-corrected chi connectivity index (χ2v) is 5.19. The number of rotatable bonds is 2. The average molecular weight is 244 g/mol. The SMILES string of the molecule is Cc1ccc(-c2nnc3ccc(CN)cn23)s1. The van der Waals surface area contributed by atoms with E-state index in [0.717, 1.165) is 21.9 Å². The number of aromatic nitrogens is 3. The number of thiophene rings is 1. The third kappa shape index (κ3) is 1.73. The van der Waals surface area contributed by atoms with Gasteiger partial charge in [0.15, 0.2) is 11.5 Å². The van der Waals surface area contributed by atoms with Gasteiger partial charge in [0.05, 0.1) is 4.88 Å². The van der Waals surface area contributed by atoms with Crippen LogP contribution >= 0.6 is 11.3 Å². The highest BCUT2D eigenvalue weighted by atomic mass is 32.1. The van der Waals surface area contributed by atoms with Gasteiger partial charge in [0.2, 0.25) is 0 Å². The number of nitrogens with two attached hydrogens (primary N) is 1. The lowest BCUT2D eigenvalue weighted by molar-refractivity contribution is 1.03. The summed E-state index contributed by atoms with van der Waals surface area (Å²) < 4.78 is 1.99. The number of fused-ring (bicyclic) bond motifs is 1. The molecule has 2 N–H and O–H groups in total. The van der Waals surface area contributed by atoms with Gasteiger partial charge in [-0.3, -0.25) is 4.40 Å². The van der Waals surface area contributed by atoms with E-state index in [-0.39, 0.29) is 0 Å². The highest BCUT2D eigenvalue weighted by Gasteiger charge is 2.09. The molecule has 0 aliphatic rings. The zero-order chi connectivity index (χ0) is 11.8. The van der Waals surface area contributed by atoms with Crippen LogP contribution in [0.25, 0.3) is 16.3 Å². The molecule has 5 heteroatoms. The van der Waals surface area contributed by atoms with Crippen LogP contribution in [0.1, 0.15) is 10.4 Å².